The molecule has 1 fully saturated rings. The maximum absolute atomic E-state index is 13.1. The number of benzene rings is 2. The summed E-state index contributed by atoms with van der Waals surface area (Å²) in [5.74, 6) is 1.92. The first-order valence-corrected chi connectivity index (χ1v) is 10.6. The minimum Gasteiger partial charge on any atom is -0.507 e. The second-order valence-electron chi connectivity index (χ2n) is 7.98. The molecule has 2 atom stereocenters. The fraction of sp³-hybridized carbons (Fsp3) is 0.375. The lowest BCUT2D eigenvalue weighted by Gasteiger charge is -2.28. The molecule has 2 heterocycles. The normalized spacial score (nSPS) is 19.0. The van der Waals surface area contributed by atoms with Crippen molar-refractivity contribution in [2.75, 3.05) is 19.7 Å². The predicted octanol–water partition coefficient (Wildman–Crippen LogP) is 3.50. The zero-order chi connectivity index (χ0) is 21.1. The highest BCUT2D eigenvalue weighted by Gasteiger charge is 2.24. The summed E-state index contributed by atoms with van der Waals surface area (Å²) in [6, 6.07) is 10.4. The fourth-order valence-corrected chi connectivity index (χ4v) is 4.21. The van der Waals surface area contributed by atoms with Gasteiger partial charge in [0.25, 0.3) is 0 Å². The van der Waals surface area contributed by atoms with Crippen molar-refractivity contribution in [2.24, 2.45) is 5.92 Å². The summed E-state index contributed by atoms with van der Waals surface area (Å²) in [5.41, 5.74) is 0.831. The molecular formula is C24H28NO5+. The van der Waals surface area contributed by atoms with Gasteiger partial charge in [-0.25, -0.2) is 0 Å². The summed E-state index contributed by atoms with van der Waals surface area (Å²) in [7, 11) is 0. The standard InChI is InChI=1S/C24H27NO5/c1-3-28-20-8-4-5-9-21(20)30-22-15-29-24-17(23(22)27)10-11-19(26)18(24)14-25-12-6-7-16(2)13-25/h4-5,8-11,15-16,26H,3,6-7,12-14H2,1-2H3/p+1/t16-/m0/s1. The molecule has 4 rings (SSSR count). The fourth-order valence-electron chi connectivity index (χ4n) is 4.21. The number of rotatable bonds is 6. The minimum atomic E-state index is -0.272. The number of fused-ring (bicyclic) bond motifs is 1. The molecule has 2 aromatic carbocycles. The number of ether oxygens (including phenoxy) is 2. The molecule has 1 aliphatic rings. The second-order valence-corrected chi connectivity index (χ2v) is 7.98. The van der Waals surface area contributed by atoms with Gasteiger partial charge in [-0.3, -0.25) is 4.79 Å². The van der Waals surface area contributed by atoms with Gasteiger partial charge in [-0.15, -0.1) is 0 Å². The number of hydrogen-bond donors (Lipinski definition) is 2. The number of likely N-dealkylation sites (tertiary alicyclic amines) is 1. The zero-order valence-corrected chi connectivity index (χ0v) is 17.4. The van der Waals surface area contributed by atoms with Crippen LogP contribution < -0.4 is 19.8 Å². The average molecular weight is 410 g/mol. The van der Waals surface area contributed by atoms with Gasteiger partial charge in [0, 0.05) is 5.92 Å². The van der Waals surface area contributed by atoms with Crippen LogP contribution in [-0.2, 0) is 6.54 Å². The highest BCUT2D eigenvalue weighted by atomic mass is 16.5. The van der Waals surface area contributed by atoms with Crippen LogP contribution >= 0.6 is 0 Å². The minimum absolute atomic E-state index is 0.0882. The van der Waals surface area contributed by atoms with Crippen LogP contribution in [-0.4, -0.2) is 24.8 Å². The molecule has 1 unspecified atom stereocenters. The largest absolute Gasteiger partial charge is 0.507 e. The van der Waals surface area contributed by atoms with Crippen LogP contribution in [0.2, 0.25) is 0 Å². The van der Waals surface area contributed by atoms with Crippen molar-refractivity contribution >= 4 is 11.0 Å². The number of para-hydroxylation sites is 2. The van der Waals surface area contributed by atoms with Crippen LogP contribution in [0.1, 0.15) is 32.3 Å². The highest BCUT2D eigenvalue weighted by molar-refractivity contribution is 5.82. The third-order valence-electron chi connectivity index (χ3n) is 5.65. The molecule has 0 aliphatic carbocycles. The molecule has 30 heavy (non-hydrogen) atoms. The van der Waals surface area contributed by atoms with Crippen molar-refractivity contribution in [3.8, 4) is 23.0 Å². The van der Waals surface area contributed by atoms with Gasteiger partial charge in [0.2, 0.25) is 11.2 Å². The first kappa shape index (κ1) is 20.3. The van der Waals surface area contributed by atoms with Gasteiger partial charge in [-0.05, 0) is 44.0 Å². The number of nitrogens with one attached hydrogen (secondary N) is 1. The Morgan fingerprint density at radius 3 is 2.73 bits per heavy atom. The Morgan fingerprint density at radius 1 is 1.17 bits per heavy atom. The molecule has 0 spiro atoms. The molecule has 3 aromatic rings. The summed E-state index contributed by atoms with van der Waals surface area (Å²) >= 11 is 0. The molecule has 0 amide bonds. The molecule has 1 aliphatic heterocycles. The molecule has 1 saturated heterocycles. The summed E-state index contributed by atoms with van der Waals surface area (Å²) in [5, 5.41) is 10.9. The van der Waals surface area contributed by atoms with E-state index < -0.39 is 0 Å². The Balaban J connectivity index is 1.68. The maximum Gasteiger partial charge on any atom is 0.235 e. The highest BCUT2D eigenvalue weighted by Crippen LogP contribution is 2.32. The van der Waals surface area contributed by atoms with Crippen LogP contribution in [0.15, 0.2) is 51.9 Å². The summed E-state index contributed by atoms with van der Waals surface area (Å²) < 4.78 is 17.2. The van der Waals surface area contributed by atoms with Crippen molar-refractivity contribution in [1.29, 1.82) is 0 Å². The number of quaternary nitrogens is 1. The van der Waals surface area contributed by atoms with Gasteiger partial charge < -0.3 is 23.9 Å². The molecular weight excluding hydrogens is 382 g/mol. The third-order valence-corrected chi connectivity index (χ3v) is 5.65. The lowest BCUT2D eigenvalue weighted by Crippen LogP contribution is -3.12. The number of aromatic hydroxyl groups is 1. The lowest BCUT2D eigenvalue weighted by molar-refractivity contribution is -0.922. The van der Waals surface area contributed by atoms with Crippen molar-refractivity contribution < 1.29 is 23.9 Å². The van der Waals surface area contributed by atoms with Gasteiger partial charge in [0.15, 0.2) is 17.1 Å². The summed E-state index contributed by atoms with van der Waals surface area (Å²) in [6.45, 7) is 7.37. The van der Waals surface area contributed by atoms with Crippen LogP contribution in [0.3, 0.4) is 0 Å². The van der Waals surface area contributed by atoms with Gasteiger partial charge in [0.1, 0.15) is 18.6 Å². The smallest absolute Gasteiger partial charge is 0.235 e. The number of hydrogen-bond acceptors (Lipinski definition) is 5. The van der Waals surface area contributed by atoms with Crippen molar-refractivity contribution in [3.63, 3.8) is 0 Å². The van der Waals surface area contributed by atoms with Gasteiger partial charge in [0.05, 0.1) is 30.6 Å². The second kappa shape index (κ2) is 8.79. The predicted molar refractivity (Wildman–Crippen MR) is 115 cm³/mol. The Kier molecular flexibility index (Phi) is 5.95. The van der Waals surface area contributed by atoms with E-state index in [-0.39, 0.29) is 16.9 Å². The molecule has 0 radical (unpaired) electrons. The quantitative estimate of drug-likeness (QED) is 0.651. The van der Waals surface area contributed by atoms with E-state index in [4.69, 9.17) is 13.9 Å². The monoisotopic (exact) mass is 410 g/mol. The van der Waals surface area contributed by atoms with E-state index in [9.17, 15) is 9.90 Å². The molecule has 6 heteroatoms. The van der Waals surface area contributed by atoms with Gasteiger partial charge in [-0.1, -0.05) is 19.1 Å². The number of phenolic OH excluding ortho intramolecular Hbond substituents is 1. The molecule has 1 aromatic heterocycles. The molecule has 6 nitrogen and oxygen atoms in total. The van der Waals surface area contributed by atoms with Gasteiger partial charge in [-0.2, -0.15) is 0 Å². The maximum atomic E-state index is 13.1. The van der Waals surface area contributed by atoms with Crippen LogP contribution in [0.4, 0.5) is 0 Å². The van der Waals surface area contributed by atoms with Crippen molar-refractivity contribution in [2.45, 2.75) is 33.2 Å². The van der Waals surface area contributed by atoms with Crippen molar-refractivity contribution in [1.82, 2.24) is 0 Å². The van der Waals surface area contributed by atoms with E-state index in [0.29, 0.717) is 47.1 Å². The van der Waals surface area contributed by atoms with E-state index in [1.54, 1.807) is 24.3 Å². The van der Waals surface area contributed by atoms with Crippen LogP contribution in [0.5, 0.6) is 23.0 Å². The van der Waals surface area contributed by atoms with E-state index in [2.05, 4.69) is 6.92 Å². The number of piperidine rings is 1. The molecule has 0 bridgehead atoms. The first-order chi connectivity index (χ1) is 14.6. The van der Waals surface area contributed by atoms with E-state index in [1.165, 1.54) is 24.0 Å². The van der Waals surface area contributed by atoms with Crippen molar-refractivity contribution in [3.05, 3.63) is 58.4 Å². The SMILES string of the molecule is CCOc1ccccc1Oc1coc2c(C[NH+]3CCC[C@H](C)C3)c(O)ccc2c1=O. The molecule has 0 saturated carbocycles. The van der Waals surface area contributed by atoms with Crippen LogP contribution in [0, 0.1) is 5.92 Å². The zero-order valence-electron chi connectivity index (χ0n) is 17.4. The van der Waals surface area contributed by atoms with E-state index >= 15 is 0 Å². The Hall–Kier alpha value is -2.99. The van der Waals surface area contributed by atoms with E-state index in [1.807, 2.05) is 19.1 Å². The van der Waals surface area contributed by atoms with Crippen LogP contribution in [0.25, 0.3) is 11.0 Å². The topological polar surface area (TPSA) is 73.3 Å². The number of phenols is 1. The Bertz CT molecular complexity index is 1090. The molecule has 2 N–H and O–H groups in total. The average Bonchev–Trinajstić information content (AvgIpc) is 2.74. The lowest BCUT2D eigenvalue weighted by atomic mass is 9.99. The first-order valence-electron chi connectivity index (χ1n) is 10.6. The Labute approximate surface area is 175 Å². The Morgan fingerprint density at radius 2 is 1.97 bits per heavy atom. The third kappa shape index (κ3) is 4.14. The summed E-state index contributed by atoms with van der Waals surface area (Å²) in [4.78, 5) is 14.5. The molecule has 158 valence electrons. The summed E-state index contributed by atoms with van der Waals surface area (Å²) in [6.07, 6.45) is 3.73. The van der Waals surface area contributed by atoms with Gasteiger partial charge >= 0.3 is 0 Å². The van der Waals surface area contributed by atoms with E-state index in [0.717, 1.165) is 13.1 Å².